The van der Waals surface area contributed by atoms with Crippen LogP contribution in [0.5, 0.6) is 6.01 Å². The van der Waals surface area contributed by atoms with Crippen LogP contribution in [0.4, 0.5) is 14.6 Å². The molecule has 3 unspecified atom stereocenters. The lowest BCUT2D eigenvalue weighted by atomic mass is 9.87. The van der Waals surface area contributed by atoms with E-state index < -0.39 is 12.0 Å². The first-order valence-electron chi connectivity index (χ1n) is 11.2. The van der Waals surface area contributed by atoms with Crippen molar-refractivity contribution in [2.45, 2.75) is 49.9 Å². The third-order valence-corrected chi connectivity index (χ3v) is 8.49. The van der Waals surface area contributed by atoms with Gasteiger partial charge in [-0.15, -0.1) is 0 Å². The van der Waals surface area contributed by atoms with Gasteiger partial charge >= 0.3 is 6.01 Å². The molecule has 6 nitrogen and oxygen atoms in total. The van der Waals surface area contributed by atoms with Crippen molar-refractivity contribution < 1.29 is 13.5 Å². The number of halogens is 4. The molecular weight excluding hydrogens is 504 g/mol. The van der Waals surface area contributed by atoms with E-state index >= 15 is 0 Å². The second-order valence-electron chi connectivity index (χ2n) is 9.17. The van der Waals surface area contributed by atoms with Gasteiger partial charge in [0.2, 0.25) is 0 Å². The number of anilines is 1. The lowest BCUT2D eigenvalue weighted by Gasteiger charge is -2.39. The summed E-state index contributed by atoms with van der Waals surface area (Å²) in [7, 11) is 1.48. The summed E-state index contributed by atoms with van der Waals surface area (Å²) in [6.45, 7) is 4.61. The second-order valence-corrected chi connectivity index (χ2v) is 10.4. The molecule has 0 aliphatic carbocycles. The number of aromatic nitrogens is 2. The zero-order valence-electron chi connectivity index (χ0n) is 18.0. The summed E-state index contributed by atoms with van der Waals surface area (Å²) >= 11 is 9.30. The van der Waals surface area contributed by atoms with Gasteiger partial charge in [0.15, 0.2) is 5.82 Å². The molecule has 0 saturated carbocycles. The molecular formula is C22H27BrClF2N5O. The van der Waals surface area contributed by atoms with E-state index in [1.165, 1.54) is 20.0 Å². The molecule has 6 rings (SSSR count). The normalized spacial score (nSPS) is 29.2. The third-order valence-electron chi connectivity index (χ3n) is 7.19. The van der Waals surface area contributed by atoms with Crippen LogP contribution < -0.4 is 15.0 Å². The number of nitrogens with one attached hydrogen (secondary N) is 1. The summed E-state index contributed by atoms with van der Waals surface area (Å²) < 4.78 is 32.5. The Labute approximate surface area is 199 Å². The molecule has 4 saturated heterocycles. The van der Waals surface area contributed by atoms with Gasteiger partial charge in [-0.2, -0.15) is 9.97 Å². The minimum atomic E-state index is -0.518. The molecule has 1 N–H and O–H groups in total. The number of fused-ring (bicyclic) bond motifs is 2. The van der Waals surface area contributed by atoms with Crippen LogP contribution in [-0.4, -0.2) is 72.5 Å². The molecule has 10 heteroatoms. The summed E-state index contributed by atoms with van der Waals surface area (Å²) in [5.74, 6) is 0.177. The van der Waals surface area contributed by atoms with Crippen LogP contribution in [0.1, 0.15) is 32.1 Å². The summed E-state index contributed by atoms with van der Waals surface area (Å²) in [4.78, 5) is 13.1. The molecule has 1 aromatic carbocycles. The summed E-state index contributed by atoms with van der Waals surface area (Å²) in [5.41, 5.74) is 0.382. The Kier molecular flexibility index (Phi) is 6.20. The molecule has 0 radical (unpaired) electrons. The zero-order valence-corrected chi connectivity index (χ0v) is 20.4. The number of ether oxygens (including phenoxy) is 1. The van der Waals surface area contributed by atoms with Gasteiger partial charge in [0, 0.05) is 36.6 Å². The third kappa shape index (κ3) is 4.06. The Morgan fingerprint density at radius 1 is 1.31 bits per heavy atom. The molecule has 4 fully saturated rings. The molecule has 0 bridgehead atoms. The number of benzene rings is 1. The van der Waals surface area contributed by atoms with E-state index in [9.17, 15) is 8.78 Å². The van der Waals surface area contributed by atoms with Gasteiger partial charge in [0.25, 0.3) is 0 Å². The standard InChI is InChI=1S/C15H15BrClFN4O.C7H12FN/c1-23-14-20-12-8(6-9(17)10(16)11(12)18)13(21-14)22-5-3-15(7-22)2-4-19-15;8-6-4-7-2-1-3-9(7)5-6/h6,19H,2-5,7H2,1H3;6-7H,1-5H2. The topological polar surface area (TPSA) is 53.5 Å². The molecule has 174 valence electrons. The van der Waals surface area contributed by atoms with Crippen molar-refractivity contribution in [2.75, 3.05) is 44.7 Å². The summed E-state index contributed by atoms with van der Waals surface area (Å²) in [5, 5.41) is 4.42. The Hall–Kier alpha value is -1.29. The van der Waals surface area contributed by atoms with E-state index in [1.54, 1.807) is 6.07 Å². The van der Waals surface area contributed by atoms with E-state index in [0.29, 0.717) is 28.8 Å². The molecule has 5 heterocycles. The number of hydrogen-bond acceptors (Lipinski definition) is 6. The van der Waals surface area contributed by atoms with Crippen molar-refractivity contribution in [3.8, 4) is 6.01 Å². The Balaban J connectivity index is 0.000000199. The Morgan fingerprint density at radius 2 is 2.12 bits per heavy atom. The fourth-order valence-electron chi connectivity index (χ4n) is 5.38. The highest BCUT2D eigenvalue weighted by Gasteiger charge is 2.43. The fraction of sp³-hybridized carbons (Fsp3) is 0.636. The second kappa shape index (κ2) is 8.81. The maximum atomic E-state index is 14.6. The monoisotopic (exact) mass is 529 g/mol. The van der Waals surface area contributed by atoms with Crippen molar-refractivity contribution >= 4 is 44.3 Å². The van der Waals surface area contributed by atoms with Crippen molar-refractivity contribution in [3.63, 3.8) is 0 Å². The maximum Gasteiger partial charge on any atom is 0.318 e. The van der Waals surface area contributed by atoms with E-state index in [0.717, 1.165) is 45.4 Å². The molecule has 2 aromatic rings. The number of alkyl halides is 1. The van der Waals surface area contributed by atoms with Crippen LogP contribution in [0, 0.1) is 5.82 Å². The van der Waals surface area contributed by atoms with Crippen LogP contribution in [0.15, 0.2) is 10.5 Å². The fourth-order valence-corrected chi connectivity index (χ4v) is 5.87. The number of hydrogen-bond donors (Lipinski definition) is 1. The lowest BCUT2D eigenvalue weighted by molar-refractivity contribution is 0.235. The van der Waals surface area contributed by atoms with Crippen LogP contribution in [0.3, 0.4) is 0 Å². The first-order chi connectivity index (χ1) is 15.4. The van der Waals surface area contributed by atoms with Crippen LogP contribution in [0.2, 0.25) is 5.02 Å². The SMILES string of the molecule is COc1nc(N2CCC3(CCN3)C2)c2cc(Cl)c(Br)c(F)c2n1.FC1CC2CCCN2C1. The summed E-state index contributed by atoms with van der Waals surface area (Å²) in [6, 6.07) is 2.47. The summed E-state index contributed by atoms with van der Waals surface area (Å²) in [6.07, 6.45) is 5.02. The smallest absolute Gasteiger partial charge is 0.318 e. The van der Waals surface area contributed by atoms with Crippen LogP contribution >= 0.6 is 27.5 Å². The van der Waals surface area contributed by atoms with Gasteiger partial charge in [-0.25, -0.2) is 8.78 Å². The maximum absolute atomic E-state index is 14.6. The molecule has 0 amide bonds. The van der Waals surface area contributed by atoms with Crippen molar-refractivity contribution in [1.82, 2.24) is 20.2 Å². The minimum absolute atomic E-state index is 0.156. The molecule has 32 heavy (non-hydrogen) atoms. The van der Waals surface area contributed by atoms with Gasteiger partial charge in [-0.3, -0.25) is 4.90 Å². The van der Waals surface area contributed by atoms with Crippen molar-refractivity contribution in [1.29, 1.82) is 0 Å². The molecule has 3 atom stereocenters. The molecule has 1 spiro atoms. The van der Waals surface area contributed by atoms with Gasteiger partial charge in [-0.1, -0.05) is 11.6 Å². The average molecular weight is 531 g/mol. The predicted molar refractivity (Wildman–Crippen MR) is 125 cm³/mol. The van der Waals surface area contributed by atoms with E-state index in [1.807, 2.05) is 0 Å². The van der Waals surface area contributed by atoms with Crippen LogP contribution in [0.25, 0.3) is 10.9 Å². The first-order valence-corrected chi connectivity index (χ1v) is 12.3. The molecule has 4 aliphatic heterocycles. The van der Waals surface area contributed by atoms with Crippen molar-refractivity contribution in [2.24, 2.45) is 0 Å². The Morgan fingerprint density at radius 3 is 2.78 bits per heavy atom. The lowest BCUT2D eigenvalue weighted by Crippen LogP contribution is -2.58. The predicted octanol–water partition coefficient (Wildman–Crippen LogP) is 4.33. The van der Waals surface area contributed by atoms with E-state index in [-0.39, 0.29) is 21.5 Å². The number of rotatable bonds is 2. The largest absolute Gasteiger partial charge is 0.467 e. The van der Waals surface area contributed by atoms with E-state index in [4.69, 9.17) is 16.3 Å². The first kappa shape index (κ1) is 22.5. The Bertz CT molecular complexity index is 1010. The quantitative estimate of drug-likeness (QED) is 0.584. The highest BCUT2D eigenvalue weighted by atomic mass is 79.9. The minimum Gasteiger partial charge on any atom is -0.467 e. The average Bonchev–Trinajstić information content (AvgIpc) is 3.46. The number of nitrogens with zero attached hydrogens (tertiary/aromatic N) is 4. The number of methoxy groups -OCH3 is 1. The highest BCUT2D eigenvalue weighted by molar-refractivity contribution is 9.10. The van der Waals surface area contributed by atoms with Gasteiger partial charge in [-0.05, 0) is 67.2 Å². The van der Waals surface area contributed by atoms with Crippen molar-refractivity contribution in [3.05, 3.63) is 21.4 Å². The highest BCUT2D eigenvalue weighted by Crippen LogP contribution is 2.39. The molecule has 1 aromatic heterocycles. The van der Waals surface area contributed by atoms with E-state index in [2.05, 4.69) is 41.0 Å². The zero-order chi connectivity index (χ0) is 22.5. The van der Waals surface area contributed by atoms with Crippen LogP contribution in [-0.2, 0) is 0 Å². The molecule has 4 aliphatic rings. The van der Waals surface area contributed by atoms with Gasteiger partial charge < -0.3 is 15.0 Å². The van der Waals surface area contributed by atoms with Gasteiger partial charge in [0.05, 0.1) is 16.6 Å². The van der Waals surface area contributed by atoms with Gasteiger partial charge in [0.1, 0.15) is 17.5 Å².